The Kier molecular flexibility index (Phi) is 4.38. The Balaban J connectivity index is 1.40. The number of piperidine rings is 1. The molecule has 0 aromatic rings. The monoisotopic (exact) mass is 265 g/mol. The summed E-state index contributed by atoms with van der Waals surface area (Å²) in [6.07, 6.45) is 9.32. The summed E-state index contributed by atoms with van der Waals surface area (Å²) in [6, 6.07) is 1.26. The molecule has 3 fully saturated rings. The number of amides is 1. The highest BCUT2D eigenvalue weighted by atomic mass is 16.2. The Morgan fingerprint density at radius 1 is 1.00 bits per heavy atom. The molecule has 4 nitrogen and oxygen atoms in total. The molecule has 0 unspecified atom stereocenters. The molecular weight excluding hydrogens is 238 g/mol. The molecular formula is C15H27N3O. The van der Waals surface area contributed by atoms with Gasteiger partial charge in [-0.25, -0.2) is 0 Å². The summed E-state index contributed by atoms with van der Waals surface area (Å²) in [5.41, 5.74) is 0. The van der Waals surface area contributed by atoms with Gasteiger partial charge in [-0.05, 0) is 25.7 Å². The lowest BCUT2D eigenvalue weighted by Crippen LogP contribution is -2.55. The third-order valence-corrected chi connectivity index (χ3v) is 5.12. The molecule has 2 aliphatic heterocycles. The van der Waals surface area contributed by atoms with Crippen LogP contribution < -0.4 is 10.6 Å². The predicted octanol–water partition coefficient (Wildman–Crippen LogP) is 1.12. The zero-order chi connectivity index (χ0) is 13.1. The Morgan fingerprint density at radius 3 is 2.26 bits per heavy atom. The third-order valence-electron chi connectivity index (χ3n) is 5.12. The second-order valence-electron chi connectivity index (χ2n) is 6.47. The van der Waals surface area contributed by atoms with Crippen molar-refractivity contribution in [3.8, 4) is 0 Å². The fraction of sp³-hybridized carbons (Fsp3) is 0.933. The van der Waals surface area contributed by atoms with Crippen LogP contribution in [0.25, 0.3) is 0 Å². The maximum atomic E-state index is 11.9. The lowest BCUT2D eigenvalue weighted by atomic mass is 9.92. The molecule has 0 aromatic carbocycles. The Morgan fingerprint density at radius 2 is 1.68 bits per heavy atom. The van der Waals surface area contributed by atoms with Crippen LogP contribution in [0.4, 0.5) is 0 Å². The molecule has 19 heavy (non-hydrogen) atoms. The number of carbonyl (C=O) groups is 1. The van der Waals surface area contributed by atoms with Crippen molar-refractivity contribution in [2.24, 2.45) is 5.92 Å². The predicted molar refractivity (Wildman–Crippen MR) is 76.0 cm³/mol. The average molecular weight is 265 g/mol. The second-order valence-corrected chi connectivity index (χ2v) is 6.47. The quantitative estimate of drug-likeness (QED) is 0.804. The van der Waals surface area contributed by atoms with Crippen LogP contribution in [0.1, 0.15) is 44.9 Å². The van der Waals surface area contributed by atoms with Gasteiger partial charge in [-0.15, -0.1) is 0 Å². The molecule has 2 heterocycles. The molecule has 0 atom stereocenters. The summed E-state index contributed by atoms with van der Waals surface area (Å²) in [5.74, 6) is 0.506. The molecule has 2 N–H and O–H groups in total. The number of carbonyl (C=O) groups excluding carboxylic acids is 1. The van der Waals surface area contributed by atoms with Crippen LogP contribution >= 0.6 is 0 Å². The number of rotatable bonds is 3. The molecule has 0 spiro atoms. The lowest BCUT2D eigenvalue weighted by Gasteiger charge is -2.40. The Labute approximate surface area is 116 Å². The number of hydrogen-bond acceptors (Lipinski definition) is 3. The Bertz CT molecular complexity index is 303. The molecule has 0 radical (unpaired) electrons. The number of likely N-dealkylation sites (tertiary alicyclic amines) is 1. The van der Waals surface area contributed by atoms with Crippen LogP contribution in [0.15, 0.2) is 0 Å². The van der Waals surface area contributed by atoms with E-state index in [1.54, 1.807) is 0 Å². The highest BCUT2D eigenvalue weighted by molar-refractivity contribution is 5.80. The van der Waals surface area contributed by atoms with Gasteiger partial charge in [0.05, 0.1) is 5.92 Å². The van der Waals surface area contributed by atoms with Gasteiger partial charge in [0.2, 0.25) is 5.91 Å². The molecule has 0 bridgehead atoms. The number of hydrogen-bond donors (Lipinski definition) is 2. The van der Waals surface area contributed by atoms with Crippen molar-refractivity contribution in [3.05, 3.63) is 0 Å². The van der Waals surface area contributed by atoms with Crippen molar-refractivity contribution in [3.63, 3.8) is 0 Å². The molecule has 3 rings (SSSR count). The van der Waals surface area contributed by atoms with Gasteiger partial charge < -0.3 is 15.5 Å². The van der Waals surface area contributed by atoms with E-state index < -0.39 is 0 Å². The highest BCUT2D eigenvalue weighted by Crippen LogP contribution is 2.25. The van der Waals surface area contributed by atoms with Gasteiger partial charge in [0.25, 0.3) is 0 Å². The van der Waals surface area contributed by atoms with Crippen molar-refractivity contribution < 1.29 is 4.79 Å². The van der Waals surface area contributed by atoms with Crippen molar-refractivity contribution >= 4 is 5.91 Å². The standard InChI is InChI=1S/C15H27N3O/c19-15(12-10-16-11-12)17-13-6-8-18(9-7-13)14-4-2-1-3-5-14/h12-14,16H,1-11H2,(H,17,19). The fourth-order valence-corrected chi connectivity index (χ4v) is 3.65. The van der Waals surface area contributed by atoms with E-state index in [2.05, 4.69) is 15.5 Å². The zero-order valence-corrected chi connectivity index (χ0v) is 11.9. The van der Waals surface area contributed by atoms with Crippen LogP contribution in [0, 0.1) is 5.92 Å². The summed E-state index contributed by atoms with van der Waals surface area (Å²) in [6.45, 7) is 4.09. The van der Waals surface area contributed by atoms with E-state index in [-0.39, 0.29) is 11.8 Å². The molecule has 3 aliphatic rings. The van der Waals surface area contributed by atoms with E-state index in [4.69, 9.17) is 0 Å². The van der Waals surface area contributed by atoms with Crippen molar-refractivity contribution in [2.45, 2.75) is 57.0 Å². The largest absolute Gasteiger partial charge is 0.353 e. The summed E-state index contributed by atoms with van der Waals surface area (Å²) in [5, 5.41) is 6.40. The van der Waals surface area contributed by atoms with Crippen LogP contribution in [0.5, 0.6) is 0 Å². The second kappa shape index (κ2) is 6.23. The minimum Gasteiger partial charge on any atom is -0.353 e. The first-order chi connectivity index (χ1) is 9.33. The van der Waals surface area contributed by atoms with Gasteiger partial charge in [0, 0.05) is 38.3 Å². The summed E-state index contributed by atoms with van der Waals surface area (Å²) in [4.78, 5) is 14.6. The van der Waals surface area contributed by atoms with Gasteiger partial charge in [-0.1, -0.05) is 19.3 Å². The van der Waals surface area contributed by atoms with E-state index in [9.17, 15) is 4.79 Å². The number of nitrogens with one attached hydrogen (secondary N) is 2. The van der Waals surface area contributed by atoms with Crippen molar-refractivity contribution in [2.75, 3.05) is 26.2 Å². The van der Waals surface area contributed by atoms with Gasteiger partial charge in [0.15, 0.2) is 0 Å². The maximum Gasteiger partial charge on any atom is 0.225 e. The molecule has 0 aromatic heterocycles. The average Bonchev–Trinajstić information content (AvgIpc) is 2.38. The zero-order valence-electron chi connectivity index (χ0n) is 11.9. The van der Waals surface area contributed by atoms with Crippen LogP contribution in [0.2, 0.25) is 0 Å². The number of nitrogens with zero attached hydrogens (tertiary/aromatic N) is 1. The third kappa shape index (κ3) is 3.29. The SMILES string of the molecule is O=C(NC1CCN(C2CCCCC2)CC1)C1CNC1. The minimum atomic E-state index is 0.233. The Hall–Kier alpha value is -0.610. The molecule has 1 aliphatic carbocycles. The summed E-state index contributed by atoms with van der Waals surface area (Å²) < 4.78 is 0. The molecule has 108 valence electrons. The molecule has 4 heteroatoms. The first-order valence-electron chi connectivity index (χ1n) is 8.08. The van der Waals surface area contributed by atoms with Crippen LogP contribution in [0.3, 0.4) is 0 Å². The van der Waals surface area contributed by atoms with Gasteiger partial charge in [0.1, 0.15) is 0 Å². The summed E-state index contributed by atoms with van der Waals surface area (Å²) in [7, 11) is 0. The first kappa shape index (κ1) is 13.4. The highest BCUT2D eigenvalue weighted by Gasteiger charge is 2.30. The van der Waals surface area contributed by atoms with Crippen LogP contribution in [-0.4, -0.2) is 49.1 Å². The van der Waals surface area contributed by atoms with E-state index in [1.807, 2.05) is 0 Å². The van der Waals surface area contributed by atoms with E-state index >= 15 is 0 Å². The normalized spacial score (nSPS) is 28.0. The minimum absolute atomic E-state index is 0.233. The van der Waals surface area contributed by atoms with Gasteiger partial charge in [-0.3, -0.25) is 4.79 Å². The maximum absolute atomic E-state index is 11.9. The van der Waals surface area contributed by atoms with Gasteiger partial charge in [-0.2, -0.15) is 0 Å². The molecule has 2 saturated heterocycles. The van der Waals surface area contributed by atoms with Crippen LogP contribution in [-0.2, 0) is 4.79 Å². The van der Waals surface area contributed by atoms with E-state index in [0.29, 0.717) is 6.04 Å². The smallest absolute Gasteiger partial charge is 0.225 e. The summed E-state index contributed by atoms with van der Waals surface area (Å²) >= 11 is 0. The van der Waals surface area contributed by atoms with E-state index in [0.717, 1.165) is 32.0 Å². The molecule has 1 amide bonds. The lowest BCUT2D eigenvalue weighted by molar-refractivity contribution is -0.127. The van der Waals surface area contributed by atoms with Gasteiger partial charge >= 0.3 is 0 Å². The molecule has 1 saturated carbocycles. The first-order valence-corrected chi connectivity index (χ1v) is 8.08. The topological polar surface area (TPSA) is 44.4 Å². The fourth-order valence-electron chi connectivity index (χ4n) is 3.65. The van der Waals surface area contributed by atoms with Crippen molar-refractivity contribution in [1.29, 1.82) is 0 Å². The van der Waals surface area contributed by atoms with Crippen molar-refractivity contribution in [1.82, 2.24) is 15.5 Å². The van der Waals surface area contributed by atoms with E-state index in [1.165, 1.54) is 45.2 Å².